The first-order chi connectivity index (χ1) is 14.6. The average molecular weight is 406 g/mol. The monoisotopic (exact) mass is 406 g/mol. The standard InChI is InChI=1S/C21H20N5O4/c27-16-9-19(25(12-16)11-14-10-22-18-7-2-1-6-17(14)18)21-23-20(24-30-21)13-4-3-5-15(8-13)26(28)29/h1-8,10,16,19,22,27-28H,9,11-12H2/q-1/t16-,19+/m1/s1. The molecule has 0 spiro atoms. The second kappa shape index (κ2) is 7.54. The van der Waals surface area contributed by atoms with Gasteiger partial charge in [-0.2, -0.15) is 4.98 Å². The molecule has 2 atom stereocenters. The van der Waals surface area contributed by atoms with Crippen LogP contribution in [-0.4, -0.2) is 43.0 Å². The van der Waals surface area contributed by atoms with Gasteiger partial charge in [0.25, 0.3) is 0 Å². The van der Waals surface area contributed by atoms with Crippen molar-refractivity contribution in [1.29, 1.82) is 0 Å². The molecule has 0 radical (unpaired) electrons. The third-order valence-electron chi connectivity index (χ3n) is 5.48. The largest absolute Gasteiger partial charge is 0.733 e. The minimum absolute atomic E-state index is 0.0797. The Balaban J connectivity index is 1.41. The molecule has 5 rings (SSSR count). The molecule has 1 aliphatic rings. The fraction of sp³-hybridized carbons (Fsp3) is 0.238. The number of fused-ring (bicyclic) bond motifs is 1. The van der Waals surface area contributed by atoms with Crippen LogP contribution in [0.1, 0.15) is 23.9 Å². The molecule has 0 saturated carbocycles. The Labute approximate surface area is 171 Å². The predicted octanol–water partition coefficient (Wildman–Crippen LogP) is 3.22. The molecule has 1 saturated heterocycles. The number of β-amino-alcohol motifs (C(OH)–C–C–N with tert-alkyl or cyclic N) is 1. The Morgan fingerprint density at radius 3 is 2.97 bits per heavy atom. The lowest BCUT2D eigenvalue weighted by molar-refractivity contribution is 0.169. The zero-order valence-corrected chi connectivity index (χ0v) is 16.0. The summed E-state index contributed by atoms with van der Waals surface area (Å²) in [6.07, 6.45) is 2.00. The topological polar surface area (TPSA) is 125 Å². The van der Waals surface area contributed by atoms with Gasteiger partial charge in [0.1, 0.15) is 0 Å². The van der Waals surface area contributed by atoms with E-state index in [-0.39, 0.29) is 17.0 Å². The molecule has 3 N–H and O–H groups in total. The average Bonchev–Trinajstić information content (AvgIpc) is 3.47. The highest BCUT2D eigenvalue weighted by atomic mass is 16.8. The summed E-state index contributed by atoms with van der Waals surface area (Å²) < 4.78 is 5.51. The molecule has 0 amide bonds. The van der Waals surface area contributed by atoms with Crippen LogP contribution in [0.2, 0.25) is 0 Å². The number of hydrogen-bond donors (Lipinski definition) is 3. The Morgan fingerprint density at radius 2 is 2.10 bits per heavy atom. The van der Waals surface area contributed by atoms with Gasteiger partial charge < -0.3 is 25.0 Å². The van der Waals surface area contributed by atoms with Gasteiger partial charge in [-0.25, -0.2) is 0 Å². The van der Waals surface area contributed by atoms with E-state index >= 15 is 0 Å². The number of aromatic amines is 1. The van der Waals surface area contributed by atoms with Gasteiger partial charge in [-0.05, 0) is 30.2 Å². The number of rotatable bonds is 5. The minimum Gasteiger partial charge on any atom is -0.733 e. The number of aliphatic hydroxyl groups is 1. The first kappa shape index (κ1) is 18.8. The Kier molecular flexibility index (Phi) is 4.72. The molecule has 9 heteroatoms. The highest BCUT2D eigenvalue weighted by Gasteiger charge is 2.36. The molecule has 3 heterocycles. The second-order valence-electron chi connectivity index (χ2n) is 7.47. The normalized spacial score (nSPS) is 19.6. The summed E-state index contributed by atoms with van der Waals surface area (Å²) in [5.74, 6) is 0.733. The number of nitrogens with zero attached hydrogens (tertiary/aromatic N) is 4. The van der Waals surface area contributed by atoms with Gasteiger partial charge in [0.15, 0.2) is 0 Å². The van der Waals surface area contributed by atoms with Gasteiger partial charge in [-0.3, -0.25) is 10.1 Å². The van der Waals surface area contributed by atoms with Crippen LogP contribution in [-0.2, 0) is 6.54 Å². The molecule has 154 valence electrons. The zero-order valence-electron chi connectivity index (χ0n) is 16.0. The maximum Gasteiger partial charge on any atom is 0.244 e. The molecular formula is C21H20N5O4-. The molecule has 1 fully saturated rings. The van der Waals surface area contributed by atoms with Crippen molar-refractivity contribution in [2.24, 2.45) is 0 Å². The van der Waals surface area contributed by atoms with E-state index in [1.165, 1.54) is 12.1 Å². The van der Waals surface area contributed by atoms with Crippen LogP contribution >= 0.6 is 0 Å². The van der Waals surface area contributed by atoms with E-state index in [1.807, 2.05) is 24.4 Å². The van der Waals surface area contributed by atoms with Crippen molar-refractivity contribution in [3.8, 4) is 11.4 Å². The smallest absolute Gasteiger partial charge is 0.244 e. The lowest BCUT2D eigenvalue weighted by Gasteiger charge is -2.21. The third kappa shape index (κ3) is 3.44. The molecule has 2 aromatic carbocycles. The van der Waals surface area contributed by atoms with E-state index < -0.39 is 6.10 Å². The van der Waals surface area contributed by atoms with Crippen LogP contribution in [0.3, 0.4) is 0 Å². The molecule has 2 aromatic heterocycles. The van der Waals surface area contributed by atoms with Crippen molar-refractivity contribution >= 4 is 16.6 Å². The van der Waals surface area contributed by atoms with Crippen molar-refractivity contribution < 1.29 is 14.8 Å². The number of aromatic nitrogens is 3. The zero-order chi connectivity index (χ0) is 20.7. The Bertz CT molecular complexity index is 1170. The highest BCUT2D eigenvalue weighted by molar-refractivity contribution is 5.83. The lowest BCUT2D eigenvalue weighted by Crippen LogP contribution is -2.24. The summed E-state index contributed by atoms with van der Waals surface area (Å²) >= 11 is 0. The summed E-state index contributed by atoms with van der Waals surface area (Å²) in [5.41, 5.74) is 2.84. The number of anilines is 1. The van der Waals surface area contributed by atoms with Crippen LogP contribution in [0.25, 0.3) is 22.3 Å². The van der Waals surface area contributed by atoms with Gasteiger partial charge in [0.05, 0.1) is 17.8 Å². The van der Waals surface area contributed by atoms with Crippen LogP contribution in [0, 0.1) is 5.21 Å². The van der Waals surface area contributed by atoms with Gasteiger partial charge >= 0.3 is 0 Å². The Hall–Kier alpha value is -3.24. The number of hydrogen-bond acceptors (Lipinski definition) is 8. The molecule has 9 nitrogen and oxygen atoms in total. The molecule has 0 unspecified atom stereocenters. The van der Waals surface area contributed by atoms with Gasteiger partial charge in [0, 0.05) is 35.8 Å². The minimum atomic E-state index is -0.484. The Morgan fingerprint density at radius 1 is 1.23 bits per heavy atom. The van der Waals surface area contributed by atoms with E-state index in [0.29, 0.717) is 36.8 Å². The third-order valence-corrected chi connectivity index (χ3v) is 5.48. The number of aliphatic hydroxyl groups excluding tert-OH is 1. The van der Waals surface area contributed by atoms with Crippen LogP contribution in [0.4, 0.5) is 5.69 Å². The lowest BCUT2D eigenvalue weighted by atomic mass is 10.1. The first-order valence-electron chi connectivity index (χ1n) is 9.66. The van der Waals surface area contributed by atoms with Crippen LogP contribution in [0.15, 0.2) is 59.3 Å². The number of likely N-dealkylation sites (tertiary alicyclic amines) is 1. The SMILES string of the molecule is [O-]N(O)c1cccc(-c2noc([C@@H]3C[C@@H](O)CN3Cc3c[nH]c4ccccc34)n2)c1. The van der Waals surface area contributed by atoms with E-state index in [2.05, 4.69) is 26.1 Å². The molecule has 4 aromatic rings. The van der Waals surface area contributed by atoms with Crippen molar-refractivity contribution in [3.05, 3.63) is 71.4 Å². The number of nitrogens with one attached hydrogen (secondary N) is 1. The van der Waals surface area contributed by atoms with E-state index in [0.717, 1.165) is 16.5 Å². The molecule has 1 aliphatic heterocycles. The molecule has 30 heavy (non-hydrogen) atoms. The van der Waals surface area contributed by atoms with Crippen LogP contribution in [0.5, 0.6) is 0 Å². The summed E-state index contributed by atoms with van der Waals surface area (Å²) in [6, 6.07) is 14.2. The van der Waals surface area contributed by atoms with Crippen molar-refractivity contribution in [2.75, 3.05) is 11.8 Å². The second-order valence-corrected chi connectivity index (χ2v) is 7.47. The number of benzene rings is 2. The molecular weight excluding hydrogens is 386 g/mol. The summed E-state index contributed by atoms with van der Waals surface area (Å²) in [6.45, 7) is 1.14. The molecule has 0 bridgehead atoms. The summed E-state index contributed by atoms with van der Waals surface area (Å²) in [7, 11) is 0. The van der Waals surface area contributed by atoms with Crippen molar-refractivity contribution in [1.82, 2.24) is 20.0 Å². The maximum atomic E-state index is 11.1. The fourth-order valence-electron chi connectivity index (χ4n) is 4.04. The maximum absolute atomic E-state index is 11.1. The quantitative estimate of drug-likeness (QED) is 0.432. The van der Waals surface area contributed by atoms with Gasteiger partial charge in [-0.1, -0.05) is 35.5 Å². The summed E-state index contributed by atoms with van der Waals surface area (Å²) in [4.78, 5) is 9.90. The van der Waals surface area contributed by atoms with E-state index in [4.69, 9.17) is 9.73 Å². The predicted molar refractivity (Wildman–Crippen MR) is 109 cm³/mol. The van der Waals surface area contributed by atoms with Crippen LogP contribution < -0.4 is 5.23 Å². The van der Waals surface area contributed by atoms with Crippen molar-refractivity contribution in [3.63, 3.8) is 0 Å². The fourth-order valence-corrected chi connectivity index (χ4v) is 4.04. The van der Waals surface area contributed by atoms with Crippen molar-refractivity contribution in [2.45, 2.75) is 25.1 Å². The van der Waals surface area contributed by atoms with Gasteiger partial charge in [0.2, 0.25) is 11.7 Å². The van der Waals surface area contributed by atoms with Gasteiger partial charge in [-0.15, -0.1) is 0 Å². The number of para-hydroxylation sites is 1. The summed E-state index contributed by atoms with van der Waals surface area (Å²) in [5, 5.41) is 35.5. The van der Waals surface area contributed by atoms with E-state index in [9.17, 15) is 10.3 Å². The van der Waals surface area contributed by atoms with E-state index in [1.54, 1.807) is 12.1 Å². The molecule has 0 aliphatic carbocycles. The first-order valence-corrected chi connectivity index (χ1v) is 9.66. The number of H-pyrrole nitrogens is 1. The highest BCUT2D eigenvalue weighted by Crippen LogP contribution is 2.35.